The number of hydrogen-bond acceptors (Lipinski definition) is 2. The lowest BCUT2D eigenvalue weighted by Gasteiger charge is -2.18. The second-order valence-corrected chi connectivity index (χ2v) is 3.37. The molecule has 1 atom stereocenters. The summed E-state index contributed by atoms with van der Waals surface area (Å²) in [5, 5.41) is 0. The average molecular weight is 180 g/mol. The number of aryl methyl sites for hydroxylation is 1. The molecule has 0 aromatic carbocycles. The van der Waals surface area contributed by atoms with Gasteiger partial charge >= 0.3 is 0 Å². The molecule has 70 valence electrons. The molecule has 0 N–H and O–H groups in total. The topological polar surface area (TPSA) is 25.8 Å². The van der Waals surface area contributed by atoms with Crippen LogP contribution in [0.4, 0.5) is 4.39 Å². The van der Waals surface area contributed by atoms with E-state index < -0.39 is 5.67 Å². The van der Waals surface area contributed by atoms with Crippen LogP contribution in [0.15, 0.2) is 24.5 Å². The molecular weight excluding hydrogens is 167 g/mol. The van der Waals surface area contributed by atoms with E-state index in [-0.39, 0.29) is 5.82 Å². The van der Waals surface area contributed by atoms with Crippen LogP contribution in [0.1, 0.15) is 25.2 Å². The third-order valence-corrected chi connectivity index (χ3v) is 2.00. The van der Waals surface area contributed by atoms with E-state index in [1.165, 1.54) is 6.92 Å². The van der Waals surface area contributed by atoms with Crippen molar-refractivity contribution in [1.82, 2.24) is 9.97 Å². The predicted octanol–water partition coefficient (Wildman–Crippen LogP) is 2.55. The van der Waals surface area contributed by atoms with Crippen molar-refractivity contribution in [3.05, 3.63) is 35.9 Å². The van der Waals surface area contributed by atoms with Gasteiger partial charge < -0.3 is 0 Å². The molecule has 0 saturated heterocycles. The van der Waals surface area contributed by atoms with Gasteiger partial charge in [-0.2, -0.15) is 0 Å². The lowest BCUT2D eigenvalue weighted by molar-refractivity contribution is 0.230. The molecule has 0 saturated carbocycles. The van der Waals surface area contributed by atoms with E-state index in [4.69, 9.17) is 0 Å². The summed E-state index contributed by atoms with van der Waals surface area (Å²) in [6, 6.07) is 0. The van der Waals surface area contributed by atoms with Crippen LogP contribution in [0.3, 0.4) is 0 Å². The zero-order valence-corrected chi connectivity index (χ0v) is 8.13. The Morgan fingerprint density at radius 1 is 1.46 bits per heavy atom. The van der Waals surface area contributed by atoms with Gasteiger partial charge in [0.1, 0.15) is 0 Å². The predicted molar refractivity (Wildman–Crippen MR) is 50.0 cm³/mol. The molecule has 0 fully saturated rings. The van der Waals surface area contributed by atoms with Crippen LogP contribution in [0.25, 0.3) is 0 Å². The molecule has 1 unspecified atom stereocenters. The summed E-state index contributed by atoms with van der Waals surface area (Å²) in [5.74, 6) is 0.172. The number of aromatic nitrogens is 2. The highest BCUT2D eigenvalue weighted by atomic mass is 19.1. The first-order valence-electron chi connectivity index (χ1n) is 4.08. The lowest BCUT2D eigenvalue weighted by Crippen LogP contribution is -2.19. The number of halogens is 1. The third kappa shape index (κ3) is 1.91. The van der Waals surface area contributed by atoms with Crippen LogP contribution in [0, 0.1) is 6.92 Å². The summed E-state index contributed by atoms with van der Waals surface area (Å²) in [7, 11) is 0. The maximum Gasteiger partial charge on any atom is 0.187 e. The van der Waals surface area contributed by atoms with Gasteiger partial charge in [0, 0.05) is 12.4 Å². The van der Waals surface area contributed by atoms with Gasteiger partial charge in [0.25, 0.3) is 0 Å². The Kier molecular flexibility index (Phi) is 2.45. The molecule has 13 heavy (non-hydrogen) atoms. The smallest absolute Gasteiger partial charge is 0.187 e. The quantitative estimate of drug-likeness (QED) is 0.653. The number of allylic oxidation sites excluding steroid dienone is 1. The second-order valence-electron chi connectivity index (χ2n) is 3.37. The van der Waals surface area contributed by atoms with Crippen LogP contribution >= 0.6 is 0 Å². The minimum absolute atomic E-state index is 0.172. The molecule has 2 nitrogen and oxygen atoms in total. The van der Waals surface area contributed by atoms with E-state index in [0.717, 1.165) is 5.56 Å². The maximum absolute atomic E-state index is 13.9. The van der Waals surface area contributed by atoms with Crippen LogP contribution in [0.2, 0.25) is 0 Å². The SMILES string of the molecule is C=C(C)C(C)(F)c1ncc(C)cn1. The first kappa shape index (κ1) is 9.84. The number of nitrogens with zero attached hydrogens (tertiary/aromatic N) is 2. The molecule has 0 amide bonds. The van der Waals surface area contributed by atoms with Gasteiger partial charge in [-0.3, -0.25) is 0 Å². The van der Waals surface area contributed by atoms with E-state index in [2.05, 4.69) is 16.5 Å². The van der Waals surface area contributed by atoms with Crippen molar-refractivity contribution in [2.45, 2.75) is 26.4 Å². The van der Waals surface area contributed by atoms with Gasteiger partial charge in [-0.05, 0) is 31.9 Å². The number of alkyl halides is 1. The van der Waals surface area contributed by atoms with Crippen LogP contribution < -0.4 is 0 Å². The van der Waals surface area contributed by atoms with Gasteiger partial charge in [-0.25, -0.2) is 14.4 Å². The Morgan fingerprint density at radius 2 is 1.92 bits per heavy atom. The van der Waals surface area contributed by atoms with E-state index in [1.807, 2.05) is 6.92 Å². The zero-order valence-electron chi connectivity index (χ0n) is 8.13. The molecule has 0 radical (unpaired) electrons. The van der Waals surface area contributed by atoms with Crippen LogP contribution in [-0.2, 0) is 5.67 Å². The molecule has 0 bridgehead atoms. The van der Waals surface area contributed by atoms with E-state index in [1.54, 1.807) is 19.3 Å². The number of hydrogen-bond donors (Lipinski definition) is 0. The standard InChI is InChI=1S/C10H13FN2/c1-7(2)10(4,11)9-12-5-8(3)6-13-9/h5-6H,1H2,2-4H3. The average Bonchev–Trinajstić information content (AvgIpc) is 2.04. The van der Waals surface area contributed by atoms with Gasteiger partial charge in [-0.15, -0.1) is 0 Å². The maximum atomic E-state index is 13.9. The highest BCUT2D eigenvalue weighted by Crippen LogP contribution is 2.28. The third-order valence-electron chi connectivity index (χ3n) is 2.00. The van der Waals surface area contributed by atoms with E-state index in [9.17, 15) is 4.39 Å². The minimum Gasteiger partial charge on any atom is -0.237 e. The first-order valence-corrected chi connectivity index (χ1v) is 4.08. The van der Waals surface area contributed by atoms with Crippen molar-refractivity contribution in [1.29, 1.82) is 0 Å². The molecule has 0 aliphatic carbocycles. The van der Waals surface area contributed by atoms with Crippen LogP contribution in [-0.4, -0.2) is 9.97 Å². The Morgan fingerprint density at radius 3 is 2.31 bits per heavy atom. The monoisotopic (exact) mass is 180 g/mol. The van der Waals surface area contributed by atoms with E-state index >= 15 is 0 Å². The summed E-state index contributed by atoms with van der Waals surface area (Å²) in [6.07, 6.45) is 3.20. The molecule has 1 aromatic heterocycles. The van der Waals surface area contributed by atoms with Crippen molar-refractivity contribution in [3.8, 4) is 0 Å². The Balaban J connectivity index is 3.08. The fourth-order valence-electron chi connectivity index (χ4n) is 0.826. The summed E-state index contributed by atoms with van der Waals surface area (Å²) in [6.45, 7) is 8.48. The molecule has 1 aromatic rings. The zero-order chi connectivity index (χ0) is 10.1. The van der Waals surface area contributed by atoms with Crippen molar-refractivity contribution < 1.29 is 4.39 Å². The van der Waals surface area contributed by atoms with Crippen molar-refractivity contribution in [3.63, 3.8) is 0 Å². The highest BCUT2D eigenvalue weighted by Gasteiger charge is 2.29. The van der Waals surface area contributed by atoms with E-state index in [0.29, 0.717) is 5.57 Å². The summed E-state index contributed by atoms with van der Waals surface area (Å²) in [4.78, 5) is 7.85. The summed E-state index contributed by atoms with van der Waals surface area (Å²) < 4.78 is 13.9. The van der Waals surface area contributed by atoms with Crippen LogP contribution in [0.5, 0.6) is 0 Å². The molecular formula is C10H13FN2. The molecule has 0 aliphatic heterocycles. The Bertz CT molecular complexity index is 314. The summed E-state index contributed by atoms with van der Waals surface area (Å²) >= 11 is 0. The molecule has 1 heterocycles. The number of rotatable bonds is 2. The second kappa shape index (κ2) is 3.24. The summed E-state index contributed by atoms with van der Waals surface area (Å²) in [5.41, 5.74) is -0.300. The Hall–Kier alpha value is -1.25. The highest BCUT2D eigenvalue weighted by molar-refractivity contribution is 5.18. The fraction of sp³-hybridized carbons (Fsp3) is 0.400. The van der Waals surface area contributed by atoms with Crippen molar-refractivity contribution in [2.24, 2.45) is 0 Å². The van der Waals surface area contributed by atoms with Gasteiger partial charge in [0.05, 0.1) is 0 Å². The van der Waals surface area contributed by atoms with Gasteiger partial charge in [-0.1, -0.05) is 6.58 Å². The molecule has 0 aliphatic rings. The first-order chi connectivity index (χ1) is 5.94. The van der Waals surface area contributed by atoms with Crippen molar-refractivity contribution in [2.75, 3.05) is 0 Å². The largest absolute Gasteiger partial charge is 0.237 e. The van der Waals surface area contributed by atoms with Gasteiger partial charge in [0.15, 0.2) is 11.5 Å². The van der Waals surface area contributed by atoms with Gasteiger partial charge in [0.2, 0.25) is 0 Å². The Labute approximate surface area is 77.5 Å². The molecule has 0 spiro atoms. The fourth-order valence-corrected chi connectivity index (χ4v) is 0.826. The van der Waals surface area contributed by atoms with Crippen molar-refractivity contribution >= 4 is 0 Å². The minimum atomic E-state index is -1.63. The lowest BCUT2D eigenvalue weighted by atomic mass is 10.00. The molecule has 1 rings (SSSR count). The normalized spacial score (nSPS) is 15.1. The molecule has 3 heteroatoms.